The molecule has 38 heavy (non-hydrogen) atoms. The highest BCUT2D eigenvalue weighted by Gasteiger charge is 2.26. The molecule has 0 bridgehead atoms. The molecule has 3 heterocycles. The smallest absolute Gasteiger partial charge is 0.00387 e. The standard InChI is InChI=1S/2C11H23N.C10H21N.3CH4/c1-9(2)11-5-7-12(8-6-11)10(3)4;1-9(2)11-6-5-7-12(8-11)10(3)4;1-8(2)10-5-6-11(7-10)9(3)4;;;/h2*9-11H,5-8H2,1-4H3;8-10H,5-7H2,1-4H3;3*1H4. The van der Waals surface area contributed by atoms with Crippen molar-refractivity contribution in [3.05, 3.63) is 0 Å². The molecule has 3 aliphatic heterocycles. The van der Waals surface area contributed by atoms with Crippen LogP contribution in [0.5, 0.6) is 0 Å². The van der Waals surface area contributed by atoms with Crippen molar-refractivity contribution in [2.75, 3.05) is 39.3 Å². The third-order valence-corrected chi connectivity index (χ3v) is 9.34. The van der Waals surface area contributed by atoms with Crippen LogP contribution in [0.2, 0.25) is 0 Å². The normalized spacial score (nSPS) is 23.5. The van der Waals surface area contributed by atoms with Crippen LogP contribution in [0.1, 0.15) is 137 Å². The van der Waals surface area contributed by atoms with Crippen LogP contribution >= 0.6 is 0 Å². The van der Waals surface area contributed by atoms with Gasteiger partial charge in [0.1, 0.15) is 0 Å². The summed E-state index contributed by atoms with van der Waals surface area (Å²) in [6.45, 7) is 35.9. The Bertz CT molecular complexity index is 473. The van der Waals surface area contributed by atoms with Gasteiger partial charge in [-0.05, 0) is 135 Å². The lowest BCUT2D eigenvalue weighted by molar-refractivity contribution is 0.117. The first kappa shape index (κ1) is 42.3. The summed E-state index contributed by atoms with van der Waals surface area (Å²) in [6.07, 6.45) is 7.09. The van der Waals surface area contributed by atoms with E-state index in [9.17, 15) is 0 Å². The van der Waals surface area contributed by atoms with Gasteiger partial charge in [-0.1, -0.05) is 63.8 Å². The molecule has 3 fully saturated rings. The molecule has 234 valence electrons. The van der Waals surface area contributed by atoms with E-state index in [0.717, 1.165) is 53.6 Å². The molecule has 0 amide bonds. The summed E-state index contributed by atoms with van der Waals surface area (Å²) >= 11 is 0. The molecule has 2 atom stereocenters. The number of likely N-dealkylation sites (tertiary alicyclic amines) is 3. The molecule has 0 radical (unpaired) electrons. The van der Waals surface area contributed by atoms with E-state index < -0.39 is 0 Å². The van der Waals surface area contributed by atoms with Crippen LogP contribution < -0.4 is 0 Å². The maximum Gasteiger partial charge on any atom is 0.00387 e. The van der Waals surface area contributed by atoms with Gasteiger partial charge in [0.15, 0.2) is 0 Å². The molecule has 0 N–H and O–H groups in total. The van der Waals surface area contributed by atoms with E-state index in [-0.39, 0.29) is 22.3 Å². The molecular weight excluding hydrogens is 462 g/mol. The molecule has 0 aromatic heterocycles. The van der Waals surface area contributed by atoms with Crippen LogP contribution in [-0.4, -0.2) is 72.1 Å². The van der Waals surface area contributed by atoms with E-state index in [1.165, 1.54) is 71.4 Å². The lowest BCUT2D eigenvalue weighted by Crippen LogP contribution is -2.41. The third kappa shape index (κ3) is 15.6. The minimum Gasteiger partial charge on any atom is -0.301 e. The van der Waals surface area contributed by atoms with Crippen LogP contribution in [0.15, 0.2) is 0 Å². The van der Waals surface area contributed by atoms with E-state index in [4.69, 9.17) is 0 Å². The fourth-order valence-corrected chi connectivity index (χ4v) is 5.98. The average molecular weight is 542 g/mol. The fourth-order valence-electron chi connectivity index (χ4n) is 5.98. The monoisotopic (exact) mass is 542 g/mol. The minimum atomic E-state index is 0. The summed E-state index contributed by atoms with van der Waals surface area (Å²) in [5.41, 5.74) is 0. The lowest BCUT2D eigenvalue weighted by atomic mass is 9.86. The topological polar surface area (TPSA) is 9.72 Å². The van der Waals surface area contributed by atoms with Crippen LogP contribution in [0.25, 0.3) is 0 Å². The fraction of sp³-hybridized carbons (Fsp3) is 1.00. The molecule has 2 unspecified atom stereocenters. The zero-order valence-electron chi connectivity index (χ0n) is 26.3. The Morgan fingerprint density at radius 2 is 0.711 bits per heavy atom. The molecule has 3 saturated heterocycles. The molecule has 0 aliphatic carbocycles. The van der Waals surface area contributed by atoms with E-state index in [1.54, 1.807) is 0 Å². The van der Waals surface area contributed by atoms with Gasteiger partial charge in [0.05, 0.1) is 0 Å². The van der Waals surface area contributed by atoms with E-state index in [2.05, 4.69) is 97.8 Å². The highest BCUT2D eigenvalue weighted by molar-refractivity contribution is 4.79. The molecule has 0 aromatic carbocycles. The Kier molecular flexibility index (Phi) is 24.1. The van der Waals surface area contributed by atoms with Crippen molar-refractivity contribution in [1.29, 1.82) is 0 Å². The Hall–Kier alpha value is -0.120. The Morgan fingerprint density at radius 3 is 1.03 bits per heavy atom. The quantitative estimate of drug-likeness (QED) is 0.331. The Labute approximate surface area is 244 Å². The van der Waals surface area contributed by atoms with E-state index in [1.807, 2.05) is 0 Å². The van der Waals surface area contributed by atoms with Crippen molar-refractivity contribution < 1.29 is 0 Å². The third-order valence-electron chi connectivity index (χ3n) is 9.34. The first-order chi connectivity index (χ1) is 16.3. The van der Waals surface area contributed by atoms with Crippen LogP contribution in [0.4, 0.5) is 0 Å². The summed E-state index contributed by atoms with van der Waals surface area (Å²) in [7, 11) is 0. The van der Waals surface area contributed by atoms with Crippen molar-refractivity contribution in [3.63, 3.8) is 0 Å². The van der Waals surface area contributed by atoms with Gasteiger partial charge in [0, 0.05) is 31.2 Å². The highest BCUT2D eigenvalue weighted by Crippen LogP contribution is 2.26. The van der Waals surface area contributed by atoms with Gasteiger partial charge in [-0.3, -0.25) is 0 Å². The molecule has 0 spiro atoms. The zero-order chi connectivity index (χ0) is 26.7. The second-order valence-corrected chi connectivity index (χ2v) is 13.8. The van der Waals surface area contributed by atoms with Crippen molar-refractivity contribution >= 4 is 0 Å². The van der Waals surface area contributed by atoms with Gasteiger partial charge >= 0.3 is 0 Å². The van der Waals surface area contributed by atoms with E-state index in [0.29, 0.717) is 0 Å². The molecular formula is C35H79N3. The summed E-state index contributed by atoms with van der Waals surface area (Å²) in [5, 5.41) is 0. The number of piperidine rings is 2. The Balaban J connectivity index is -0.000000466. The molecule has 3 nitrogen and oxygen atoms in total. The van der Waals surface area contributed by atoms with Crippen molar-refractivity contribution in [2.24, 2.45) is 35.5 Å². The van der Waals surface area contributed by atoms with Gasteiger partial charge in [-0.25, -0.2) is 0 Å². The molecule has 0 aromatic rings. The van der Waals surface area contributed by atoms with Crippen molar-refractivity contribution in [2.45, 2.75) is 156 Å². The van der Waals surface area contributed by atoms with Gasteiger partial charge in [-0.2, -0.15) is 0 Å². The van der Waals surface area contributed by atoms with Gasteiger partial charge in [0.25, 0.3) is 0 Å². The summed E-state index contributed by atoms with van der Waals surface area (Å²) < 4.78 is 0. The summed E-state index contributed by atoms with van der Waals surface area (Å²) in [6, 6.07) is 2.24. The highest BCUT2D eigenvalue weighted by atomic mass is 15.2. The second-order valence-electron chi connectivity index (χ2n) is 13.8. The van der Waals surface area contributed by atoms with Crippen LogP contribution in [0, 0.1) is 35.5 Å². The Morgan fingerprint density at radius 1 is 0.395 bits per heavy atom. The predicted molar refractivity (Wildman–Crippen MR) is 178 cm³/mol. The maximum atomic E-state index is 2.62. The predicted octanol–water partition coefficient (Wildman–Crippen LogP) is 9.81. The number of rotatable bonds is 6. The number of nitrogens with zero attached hydrogens (tertiary/aromatic N) is 3. The first-order valence-corrected chi connectivity index (χ1v) is 15.5. The van der Waals surface area contributed by atoms with Crippen molar-refractivity contribution in [3.8, 4) is 0 Å². The van der Waals surface area contributed by atoms with Gasteiger partial charge < -0.3 is 14.7 Å². The van der Waals surface area contributed by atoms with Crippen molar-refractivity contribution in [1.82, 2.24) is 14.7 Å². The van der Waals surface area contributed by atoms with Crippen LogP contribution in [0.3, 0.4) is 0 Å². The number of hydrogen-bond donors (Lipinski definition) is 0. The zero-order valence-corrected chi connectivity index (χ0v) is 26.3. The van der Waals surface area contributed by atoms with E-state index >= 15 is 0 Å². The lowest BCUT2D eigenvalue weighted by Gasteiger charge is -2.37. The minimum absolute atomic E-state index is 0. The summed E-state index contributed by atoms with van der Waals surface area (Å²) in [4.78, 5) is 7.80. The molecule has 3 heteroatoms. The summed E-state index contributed by atoms with van der Waals surface area (Å²) in [5.74, 6) is 5.52. The van der Waals surface area contributed by atoms with Gasteiger partial charge in [-0.15, -0.1) is 0 Å². The first-order valence-electron chi connectivity index (χ1n) is 15.5. The molecule has 3 rings (SSSR count). The molecule has 0 saturated carbocycles. The average Bonchev–Trinajstić information content (AvgIpc) is 3.31. The SMILES string of the molecule is C.C.C.CC(C)C1CCCN(C(C)C)C1.CC(C)C1CCN(C(C)C)C1.CC(C)C1CCN(C(C)C)CC1. The maximum absolute atomic E-state index is 2.62. The van der Waals surface area contributed by atoms with Crippen LogP contribution in [-0.2, 0) is 0 Å². The largest absolute Gasteiger partial charge is 0.301 e. The molecule has 3 aliphatic rings. The van der Waals surface area contributed by atoms with Gasteiger partial charge in [0.2, 0.25) is 0 Å². The second kappa shape index (κ2) is 21.6. The number of hydrogen-bond acceptors (Lipinski definition) is 3.